The molecule has 0 saturated carbocycles. The third-order valence-corrected chi connectivity index (χ3v) is 1.23. The summed E-state index contributed by atoms with van der Waals surface area (Å²) in [4.78, 5) is 32.1. The molecule has 0 aromatic rings. The Morgan fingerprint density at radius 1 is 1.38 bits per heavy atom. The van der Waals surface area contributed by atoms with Crippen molar-refractivity contribution < 1.29 is 14.4 Å². The summed E-state index contributed by atoms with van der Waals surface area (Å²) in [6.45, 7) is 2.87. The first kappa shape index (κ1) is 11.4. The number of primary amides is 1. The second-order valence-corrected chi connectivity index (χ2v) is 2.45. The van der Waals surface area contributed by atoms with Crippen molar-refractivity contribution in [1.29, 1.82) is 0 Å². The van der Waals surface area contributed by atoms with E-state index in [4.69, 9.17) is 5.73 Å². The molecule has 72 valence electrons. The lowest BCUT2D eigenvalue weighted by Gasteiger charge is -2.04. The molecular weight excluding hydrogens is 172 g/mol. The van der Waals surface area contributed by atoms with Crippen LogP contribution in [0.25, 0.3) is 0 Å². The van der Waals surface area contributed by atoms with Gasteiger partial charge in [-0.2, -0.15) is 0 Å². The summed E-state index contributed by atoms with van der Waals surface area (Å²) < 4.78 is 0. The van der Waals surface area contributed by atoms with Gasteiger partial charge in [-0.3, -0.25) is 14.4 Å². The molecule has 5 heteroatoms. The molecule has 5 nitrogen and oxygen atoms in total. The predicted octanol–water partition coefficient (Wildman–Crippen LogP) is -0.529. The second-order valence-electron chi connectivity index (χ2n) is 2.45. The fourth-order valence-corrected chi connectivity index (χ4v) is 0.746. The van der Waals surface area contributed by atoms with Crippen LogP contribution in [-0.4, -0.2) is 17.6 Å². The Morgan fingerprint density at radius 3 is 2.23 bits per heavy atom. The van der Waals surface area contributed by atoms with E-state index in [0.29, 0.717) is 0 Å². The van der Waals surface area contributed by atoms with E-state index < -0.39 is 11.7 Å². The van der Waals surface area contributed by atoms with Crippen LogP contribution < -0.4 is 11.1 Å². The topological polar surface area (TPSA) is 89.3 Å². The summed E-state index contributed by atoms with van der Waals surface area (Å²) in [5, 5.41) is 2.30. The van der Waals surface area contributed by atoms with Crippen LogP contribution in [0.15, 0.2) is 11.8 Å². The lowest BCUT2D eigenvalue weighted by molar-refractivity contribution is -0.126. The molecule has 2 amide bonds. The molecule has 0 heterocycles. The number of hydrogen-bond acceptors (Lipinski definition) is 3. The Bertz CT molecular complexity index is 269. The Kier molecular flexibility index (Phi) is 4.43. The molecule has 0 aliphatic carbocycles. The molecule has 0 unspecified atom stereocenters. The van der Waals surface area contributed by atoms with Crippen LogP contribution in [0, 0.1) is 0 Å². The molecule has 0 aromatic carbocycles. The van der Waals surface area contributed by atoms with E-state index in [1.54, 1.807) is 6.92 Å². The van der Waals surface area contributed by atoms with Gasteiger partial charge in [0.25, 0.3) is 0 Å². The van der Waals surface area contributed by atoms with Gasteiger partial charge in [0.2, 0.25) is 11.8 Å². The number of rotatable bonds is 4. The standard InChI is InChI=1S/C8H12N2O3/c1-3-6(10-5(2)11)7(12)4-8(9)13/h3H,4H2,1-2H3,(H2,9,13)(H,10,11). The third kappa shape index (κ3) is 4.73. The number of carbonyl (C=O) groups is 3. The fraction of sp³-hybridized carbons (Fsp3) is 0.375. The monoisotopic (exact) mass is 184 g/mol. The molecule has 0 saturated heterocycles. The average Bonchev–Trinajstić information content (AvgIpc) is 1.98. The Morgan fingerprint density at radius 2 is 1.92 bits per heavy atom. The van der Waals surface area contributed by atoms with E-state index in [1.165, 1.54) is 13.0 Å². The molecule has 0 bridgehead atoms. The summed E-state index contributed by atoms with van der Waals surface area (Å²) >= 11 is 0. The summed E-state index contributed by atoms with van der Waals surface area (Å²) in [6.07, 6.45) is 1.03. The van der Waals surface area contributed by atoms with Gasteiger partial charge in [-0.1, -0.05) is 6.08 Å². The Balaban J connectivity index is 4.34. The highest BCUT2D eigenvalue weighted by atomic mass is 16.2. The van der Waals surface area contributed by atoms with Crippen molar-refractivity contribution in [2.24, 2.45) is 5.73 Å². The molecule has 0 aliphatic rings. The van der Waals surface area contributed by atoms with Crippen molar-refractivity contribution in [2.75, 3.05) is 0 Å². The smallest absolute Gasteiger partial charge is 0.225 e. The first-order valence-electron chi connectivity index (χ1n) is 3.72. The van der Waals surface area contributed by atoms with Crippen molar-refractivity contribution >= 4 is 17.6 Å². The predicted molar refractivity (Wildman–Crippen MR) is 46.4 cm³/mol. The number of ketones is 1. The second kappa shape index (κ2) is 5.08. The minimum absolute atomic E-state index is 0.103. The largest absolute Gasteiger partial charge is 0.369 e. The van der Waals surface area contributed by atoms with Crippen LogP contribution >= 0.6 is 0 Å². The van der Waals surface area contributed by atoms with E-state index in [2.05, 4.69) is 5.32 Å². The number of nitrogens with two attached hydrogens (primary N) is 1. The molecule has 0 spiro atoms. The van der Waals surface area contributed by atoms with Gasteiger partial charge in [0, 0.05) is 6.92 Å². The molecule has 0 radical (unpaired) electrons. The average molecular weight is 184 g/mol. The number of nitrogens with one attached hydrogen (secondary N) is 1. The van der Waals surface area contributed by atoms with Gasteiger partial charge < -0.3 is 11.1 Å². The quantitative estimate of drug-likeness (QED) is 0.454. The molecule has 0 fully saturated rings. The number of hydrogen-bond donors (Lipinski definition) is 2. The first-order valence-corrected chi connectivity index (χ1v) is 3.72. The maximum absolute atomic E-state index is 11.1. The number of amides is 2. The van der Waals surface area contributed by atoms with Crippen molar-refractivity contribution in [1.82, 2.24) is 5.32 Å². The van der Waals surface area contributed by atoms with Crippen molar-refractivity contribution in [2.45, 2.75) is 20.3 Å². The highest BCUT2D eigenvalue weighted by molar-refractivity contribution is 6.07. The molecule has 0 aromatic heterocycles. The third-order valence-electron chi connectivity index (χ3n) is 1.23. The summed E-state index contributed by atoms with van der Waals surface area (Å²) in [7, 11) is 0. The highest BCUT2D eigenvalue weighted by Gasteiger charge is 2.12. The number of allylic oxidation sites excluding steroid dienone is 2. The zero-order chi connectivity index (χ0) is 10.4. The van der Waals surface area contributed by atoms with E-state index in [-0.39, 0.29) is 18.0 Å². The molecule has 0 rings (SSSR count). The molecular formula is C8H12N2O3. The zero-order valence-electron chi connectivity index (χ0n) is 7.59. The van der Waals surface area contributed by atoms with Crippen LogP contribution in [0.2, 0.25) is 0 Å². The fourth-order valence-electron chi connectivity index (χ4n) is 0.746. The Hall–Kier alpha value is -1.65. The van der Waals surface area contributed by atoms with Crippen molar-refractivity contribution in [3.05, 3.63) is 11.8 Å². The molecule has 13 heavy (non-hydrogen) atoms. The summed E-state index contributed by atoms with van der Waals surface area (Å²) in [6, 6.07) is 0. The Labute approximate surface area is 76.0 Å². The van der Waals surface area contributed by atoms with Crippen LogP contribution in [-0.2, 0) is 14.4 Å². The van der Waals surface area contributed by atoms with Gasteiger partial charge >= 0.3 is 0 Å². The van der Waals surface area contributed by atoms with Gasteiger partial charge in [0.15, 0.2) is 5.78 Å². The first-order chi connectivity index (χ1) is 5.97. The number of Topliss-reactive ketones (excluding diaryl/α,β-unsaturated/α-hetero) is 1. The van der Waals surface area contributed by atoms with E-state index in [9.17, 15) is 14.4 Å². The lowest BCUT2D eigenvalue weighted by atomic mass is 10.2. The SMILES string of the molecule is CC=C(NC(C)=O)C(=O)CC(N)=O. The minimum Gasteiger partial charge on any atom is -0.369 e. The maximum Gasteiger partial charge on any atom is 0.225 e. The van der Waals surface area contributed by atoms with E-state index in [0.717, 1.165) is 0 Å². The van der Waals surface area contributed by atoms with Crippen LogP contribution in [0.5, 0.6) is 0 Å². The van der Waals surface area contributed by atoms with Gasteiger partial charge in [0.1, 0.15) is 0 Å². The van der Waals surface area contributed by atoms with Crippen molar-refractivity contribution in [3.63, 3.8) is 0 Å². The highest BCUT2D eigenvalue weighted by Crippen LogP contribution is 1.95. The zero-order valence-corrected chi connectivity index (χ0v) is 7.59. The number of carbonyl (C=O) groups excluding carboxylic acids is 3. The van der Waals surface area contributed by atoms with Gasteiger partial charge in [0.05, 0.1) is 12.1 Å². The van der Waals surface area contributed by atoms with Crippen molar-refractivity contribution in [3.8, 4) is 0 Å². The van der Waals surface area contributed by atoms with E-state index >= 15 is 0 Å². The molecule has 0 atom stereocenters. The molecule has 3 N–H and O–H groups in total. The maximum atomic E-state index is 11.1. The van der Waals surface area contributed by atoms with Gasteiger partial charge in [-0.25, -0.2) is 0 Å². The minimum atomic E-state index is -0.713. The summed E-state index contributed by atoms with van der Waals surface area (Å²) in [5.74, 6) is -1.55. The van der Waals surface area contributed by atoms with Crippen LogP contribution in [0.4, 0.5) is 0 Å². The lowest BCUT2D eigenvalue weighted by Crippen LogP contribution is -2.27. The van der Waals surface area contributed by atoms with Crippen LogP contribution in [0.1, 0.15) is 20.3 Å². The molecule has 0 aliphatic heterocycles. The van der Waals surface area contributed by atoms with Gasteiger partial charge in [-0.05, 0) is 6.92 Å². The van der Waals surface area contributed by atoms with E-state index in [1.807, 2.05) is 0 Å². The normalized spacial score (nSPS) is 10.8. The summed E-state index contributed by atoms with van der Waals surface area (Å²) in [5.41, 5.74) is 4.92. The van der Waals surface area contributed by atoms with Gasteiger partial charge in [-0.15, -0.1) is 0 Å². The van der Waals surface area contributed by atoms with Crippen LogP contribution in [0.3, 0.4) is 0 Å².